The summed E-state index contributed by atoms with van der Waals surface area (Å²) < 4.78 is 0. The lowest BCUT2D eigenvalue weighted by atomic mass is 10.0. The van der Waals surface area contributed by atoms with Crippen LogP contribution in [0.2, 0.25) is 0 Å². The van der Waals surface area contributed by atoms with Crippen molar-refractivity contribution in [2.24, 2.45) is 5.92 Å². The average molecular weight is 315 g/mol. The molecule has 0 heterocycles. The van der Waals surface area contributed by atoms with Crippen LogP contribution in [0.1, 0.15) is 30.4 Å². The molecule has 0 aliphatic heterocycles. The maximum atomic E-state index is 12.3. The highest BCUT2D eigenvalue weighted by Crippen LogP contribution is 2.46. The number of hydrogen-bond acceptors (Lipinski definition) is 1. The van der Waals surface area contributed by atoms with Crippen molar-refractivity contribution in [2.45, 2.75) is 25.7 Å². The standard InChI is InChI=1S/C22H21NO/c1-15-12-21(15)18-8-10-20(11-9-18)23-22(24)14-16-6-7-17-4-2-3-5-19(17)13-16/h2-11,13,15,21H,12,14H2,1H3,(H,23,24)/t15-,21+/m0/s1. The molecule has 120 valence electrons. The Balaban J connectivity index is 1.41. The summed E-state index contributed by atoms with van der Waals surface area (Å²) in [7, 11) is 0. The van der Waals surface area contributed by atoms with Crippen LogP contribution in [0.25, 0.3) is 10.8 Å². The zero-order valence-corrected chi connectivity index (χ0v) is 13.8. The summed E-state index contributed by atoms with van der Waals surface area (Å²) in [5.41, 5.74) is 3.29. The van der Waals surface area contributed by atoms with Gasteiger partial charge in [-0.25, -0.2) is 0 Å². The van der Waals surface area contributed by atoms with Crippen LogP contribution in [0.3, 0.4) is 0 Å². The van der Waals surface area contributed by atoms with Gasteiger partial charge in [0.2, 0.25) is 5.91 Å². The maximum absolute atomic E-state index is 12.3. The van der Waals surface area contributed by atoms with Crippen molar-refractivity contribution in [3.63, 3.8) is 0 Å². The summed E-state index contributed by atoms with van der Waals surface area (Å²) in [6.07, 6.45) is 1.68. The fourth-order valence-electron chi connectivity index (χ4n) is 3.34. The summed E-state index contributed by atoms with van der Waals surface area (Å²) in [4.78, 5) is 12.3. The number of carbonyl (C=O) groups is 1. The van der Waals surface area contributed by atoms with Gasteiger partial charge in [-0.2, -0.15) is 0 Å². The molecule has 1 amide bonds. The second-order valence-corrected chi connectivity index (χ2v) is 6.85. The van der Waals surface area contributed by atoms with E-state index in [9.17, 15) is 4.79 Å². The molecule has 0 aromatic heterocycles. The Morgan fingerprint density at radius 1 is 1.00 bits per heavy atom. The fraction of sp³-hybridized carbons (Fsp3) is 0.227. The van der Waals surface area contributed by atoms with Crippen LogP contribution in [0.15, 0.2) is 66.7 Å². The van der Waals surface area contributed by atoms with Gasteiger partial charge >= 0.3 is 0 Å². The van der Waals surface area contributed by atoms with Gasteiger partial charge < -0.3 is 5.32 Å². The Morgan fingerprint density at radius 2 is 1.71 bits per heavy atom. The monoisotopic (exact) mass is 315 g/mol. The van der Waals surface area contributed by atoms with Gasteiger partial charge in [0, 0.05) is 5.69 Å². The van der Waals surface area contributed by atoms with Crippen molar-refractivity contribution in [2.75, 3.05) is 5.32 Å². The topological polar surface area (TPSA) is 29.1 Å². The summed E-state index contributed by atoms with van der Waals surface area (Å²) in [6.45, 7) is 2.28. The number of nitrogens with one attached hydrogen (secondary N) is 1. The van der Waals surface area contributed by atoms with Gasteiger partial charge in [0.1, 0.15) is 0 Å². The number of carbonyl (C=O) groups excluding carboxylic acids is 1. The number of hydrogen-bond donors (Lipinski definition) is 1. The Hall–Kier alpha value is -2.61. The van der Waals surface area contributed by atoms with E-state index in [-0.39, 0.29) is 5.91 Å². The molecule has 1 N–H and O–H groups in total. The van der Waals surface area contributed by atoms with E-state index >= 15 is 0 Å². The molecule has 0 radical (unpaired) electrons. The van der Waals surface area contributed by atoms with Crippen LogP contribution in [-0.4, -0.2) is 5.91 Å². The van der Waals surface area contributed by atoms with E-state index in [1.165, 1.54) is 22.8 Å². The van der Waals surface area contributed by atoms with Crippen molar-refractivity contribution < 1.29 is 4.79 Å². The molecule has 0 unspecified atom stereocenters. The van der Waals surface area contributed by atoms with Gasteiger partial charge in [-0.3, -0.25) is 4.79 Å². The van der Waals surface area contributed by atoms with Crippen LogP contribution in [-0.2, 0) is 11.2 Å². The Morgan fingerprint density at radius 3 is 2.42 bits per heavy atom. The van der Waals surface area contributed by atoms with Crippen molar-refractivity contribution in [1.29, 1.82) is 0 Å². The number of benzene rings is 3. The first-order chi connectivity index (χ1) is 11.7. The second-order valence-electron chi connectivity index (χ2n) is 6.85. The van der Waals surface area contributed by atoms with Crippen LogP contribution in [0.5, 0.6) is 0 Å². The molecule has 4 rings (SSSR count). The lowest BCUT2D eigenvalue weighted by Gasteiger charge is -2.07. The molecule has 1 aliphatic rings. The largest absolute Gasteiger partial charge is 0.326 e. The molecule has 3 aromatic carbocycles. The van der Waals surface area contributed by atoms with Gasteiger partial charge in [0.25, 0.3) is 0 Å². The third-order valence-corrected chi connectivity index (χ3v) is 4.91. The predicted octanol–water partition coefficient (Wildman–Crippen LogP) is 5.14. The SMILES string of the molecule is C[C@H]1C[C@H]1c1ccc(NC(=O)Cc2ccc3ccccc3c2)cc1. The van der Waals surface area contributed by atoms with Crippen molar-refractivity contribution in [3.8, 4) is 0 Å². The van der Waals surface area contributed by atoms with Gasteiger partial charge in [0.15, 0.2) is 0 Å². The highest BCUT2D eigenvalue weighted by molar-refractivity contribution is 5.93. The number of amides is 1. The van der Waals surface area contributed by atoms with Crippen LogP contribution >= 0.6 is 0 Å². The van der Waals surface area contributed by atoms with Crippen LogP contribution in [0, 0.1) is 5.92 Å². The number of anilines is 1. The first-order valence-electron chi connectivity index (χ1n) is 8.56. The molecule has 2 nitrogen and oxygen atoms in total. The molecule has 3 aromatic rings. The molecule has 0 saturated heterocycles. The van der Waals surface area contributed by atoms with E-state index in [1.807, 2.05) is 30.3 Å². The van der Waals surface area contributed by atoms with E-state index in [4.69, 9.17) is 0 Å². The Bertz CT molecular complexity index is 882. The molecule has 1 fully saturated rings. The van der Waals surface area contributed by atoms with Crippen LogP contribution < -0.4 is 5.32 Å². The molecule has 1 saturated carbocycles. The third kappa shape index (κ3) is 3.18. The predicted molar refractivity (Wildman–Crippen MR) is 99.2 cm³/mol. The molecular weight excluding hydrogens is 294 g/mol. The molecule has 1 aliphatic carbocycles. The van der Waals surface area contributed by atoms with Crippen molar-refractivity contribution in [1.82, 2.24) is 0 Å². The van der Waals surface area contributed by atoms with Gasteiger partial charge in [0.05, 0.1) is 6.42 Å². The number of fused-ring (bicyclic) bond motifs is 1. The van der Waals surface area contributed by atoms with E-state index in [1.54, 1.807) is 0 Å². The summed E-state index contributed by atoms with van der Waals surface area (Å²) in [5, 5.41) is 5.37. The molecule has 2 heteroatoms. The minimum atomic E-state index is 0.0258. The first kappa shape index (κ1) is 14.9. The normalized spacial score (nSPS) is 19.2. The van der Waals surface area contributed by atoms with Gasteiger partial charge in [-0.15, -0.1) is 0 Å². The minimum absolute atomic E-state index is 0.0258. The van der Waals surface area contributed by atoms with E-state index in [0.29, 0.717) is 12.3 Å². The number of rotatable bonds is 4. The van der Waals surface area contributed by atoms with Gasteiger partial charge in [-0.05, 0) is 52.3 Å². The third-order valence-electron chi connectivity index (χ3n) is 4.91. The lowest BCUT2D eigenvalue weighted by Crippen LogP contribution is -2.14. The molecule has 24 heavy (non-hydrogen) atoms. The zero-order chi connectivity index (χ0) is 16.5. The molecule has 2 atom stereocenters. The van der Waals surface area contributed by atoms with Crippen LogP contribution in [0.4, 0.5) is 5.69 Å². The zero-order valence-electron chi connectivity index (χ0n) is 13.8. The summed E-state index contributed by atoms with van der Waals surface area (Å²) in [6, 6.07) is 22.7. The first-order valence-corrected chi connectivity index (χ1v) is 8.56. The summed E-state index contributed by atoms with van der Waals surface area (Å²) in [5.74, 6) is 1.54. The second kappa shape index (κ2) is 6.12. The highest BCUT2D eigenvalue weighted by Gasteiger charge is 2.33. The summed E-state index contributed by atoms with van der Waals surface area (Å²) >= 11 is 0. The maximum Gasteiger partial charge on any atom is 0.228 e. The smallest absolute Gasteiger partial charge is 0.228 e. The van der Waals surface area contributed by atoms with E-state index in [2.05, 4.69) is 48.6 Å². The molecular formula is C22H21NO. The molecule has 0 bridgehead atoms. The highest BCUT2D eigenvalue weighted by atomic mass is 16.1. The average Bonchev–Trinajstić information content (AvgIpc) is 3.32. The minimum Gasteiger partial charge on any atom is -0.326 e. The lowest BCUT2D eigenvalue weighted by molar-refractivity contribution is -0.115. The Labute approximate surface area is 142 Å². The van der Waals surface area contributed by atoms with E-state index < -0.39 is 0 Å². The molecule has 0 spiro atoms. The van der Waals surface area contributed by atoms with E-state index in [0.717, 1.165) is 17.2 Å². The fourth-order valence-corrected chi connectivity index (χ4v) is 3.34. The quantitative estimate of drug-likeness (QED) is 0.709. The van der Waals surface area contributed by atoms with Gasteiger partial charge in [-0.1, -0.05) is 61.5 Å². The van der Waals surface area contributed by atoms with Crippen molar-refractivity contribution >= 4 is 22.4 Å². The van der Waals surface area contributed by atoms with Crippen molar-refractivity contribution in [3.05, 3.63) is 77.9 Å². The Kier molecular flexibility index (Phi) is 3.81.